The minimum Gasteiger partial charge on any atom is -0.373 e. The molecular weight excluding hydrogens is 356 g/mol. The molecule has 1 saturated heterocycles. The molecule has 0 amide bonds. The Morgan fingerprint density at radius 3 is 2.00 bits per heavy atom. The number of rotatable bonds is 11. The molecule has 1 aliphatic heterocycles. The van der Waals surface area contributed by atoms with Gasteiger partial charge in [0.15, 0.2) is 0 Å². The lowest BCUT2D eigenvalue weighted by atomic mass is 9.77. The minimum absolute atomic E-state index is 0.116. The summed E-state index contributed by atoms with van der Waals surface area (Å²) in [5.41, 5.74) is 2.82. The molecular formula is C27H44O2. The average Bonchev–Trinajstić information content (AvgIpc) is 2.78. The Bertz CT molecular complexity index is 536. The van der Waals surface area contributed by atoms with Crippen LogP contribution in [0.3, 0.4) is 0 Å². The summed E-state index contributed by atoms with van der Waals surface area (Å²) in [6, 6.07) is 9.30. The molecule has 2 aliphatic rings. The lowest BCUT2D eigenvalue weighted by molar-refractivity contribution is -0.137. The smallest absolute Gasteiger partial charge is 0.106 e. The molecule has 0 spiro atoms. The van der Waals surface area contributed by atoms with Gasteiger partial charge in [0, 0.05) is 0 Å². The predicted molar refractivity (Wildman–Crippen MR) is 122 cm³/mol. The van der Waals surface area contributed by atoms with Gasteiger partial charge in [-0.05, 0) is 55.1 Å². The van der Waals surface area contributed by atoms with Crippen LogP contribution in [0.4, 0.5) is 0 Å². The van der Waals surface area contributed by atoms with Crippen LogP contribution in [0.15, 0.2) is 24.3 Å². The van der Waals surface area contributed by atoms with Crippen molar-refractivity contribution in [1.82, 2.24) is 0 Å². The summed E-state index contributed by atoms with van der Waals surface area (Å²) < 4.78 is 12.2. The first kappa shape index (κ1) is 22.8. The van der Waals surface area contributed by atoms with Crippen LogP contribution in [0.1, 0.15) is 120 Å². The fourth-order valence-electron chi connectivity index (χ4n) is 5.15. The maximum absolute atomic E-state index is 6.14. The van der Waals surface area contributed by atoms with E-state index in [1.54, 1.807) is 0 Å². The Labute approximate surface area is 179 Å². The Balaban J connectivity index is 1.38. The van der Waals surface area contributed by atoms with E-state index >= 15 is 0 Å². The molecule has 1 aromatic carbocycles. The molecule has 0 bridgehead atoms. The summed E-state index contributed by atoms with van der Waals surface area (Å²) in [6.45, 7) is 6.01. The van der Waals surface area contributed by atoms with Gasteiger partial charge in [-0.15, -0.1) is 0 Å². The molecule has 164 valence electrons. The first-order valence-electron chi connectivity index (χ1n) is 12.6. The molecule has 2 atom stereocenters. The van der Waals surface area contributed by atoms with Gasteiger partial charge in [-0.25, -0.2) is 0 Å². The zero-order valence-corrected chi connectivity index (χ0v) is 19.0. The van der Waals surface area contributed by atoms with Crippen molar-refractivity contribution in [2.24, 2.45) is 5.92 Å². The summed E-state index contributed by atoms with van der Waals surface area (Å²) >= 11 is 0. The fraction of sp³-hybridized carbons (Fsp3) is 0.778. The Morgan fingerprint density at radius 2 is 1.34 bits per heavy atom. The van der Waals surface area contributed by atoms with Crippen molar-refractivity contribution in [1.29, 1.82) is 0 Å². The molecule has 0 aromatic heterocycles. The van der Waals surface area contributed by atoms with Gasteiger partial charge in [0.05, 0.1) is 19.3 Å². The normalized spacial score (nSPS) is 27.8. The number of hydrogen-bond donors (Lipinski definition) is 0. The van der Waals surface area contributed by atoms with E-state index in [-0.39, 0.29) is 6.10 Å². The number of unbranched alkanes of at least 4 members (excludes halogenated alkanes) is 5. The third-order valence-corrected chi connectivity index (χ3v) is 7.19. The zero-order valence-electron chi connectivity index (χ0n) is 19.0. The summed E-state index contributed by atoms with van der Waals surface area (Å²) in [7, 11) is 0. The van der Waals surface area contributed by atoms with Gasteiger partial charge >= 0.3 is 0 Å². The van der Waals surface area contributed by atoms with Crippen molar-refractivity contribution in [2.75, 3.05) is 13.2 Å². The van der Waals surface area contributed by atoms with Crippen molar-refractivity contribution >= 4 is 0 Å². The molecule has 1 heterocycles. The fourth-order valence-corrected chi connectivity index (χ4v) is 5.15. The van der Waals surface area contributed by atoms with Crippen LogP contribution in [0.2, 0.25) is 0 Å². The number of hydrogen-bond acceptors (Lipinski definition) is 2. The van der Waals surface area contributed by atoms with E-state index in [1.807, 2.05) is 0 Å². The molecule has 1 aromatic rings. The third kappa shape index (κ3) is 7.40. The summed E-state index contributed by atoms with van der Waals surface area (Å²) in [6.07, 6.45) is 18.1. The van der Waals surface area contributed by atoms with Gasteiger partial charge in [-0.2, -0.15) is 0 Å². The number of benzene rings is 1. The number of ether oxygens (including phenoxy) is 2. The van der Waals surface area contributed by atoms with Gasteiger partial charge in [-0.1, -0.05) is 89.5 Å². The molecule has 1 aliphatic carbocycles. The predicted octanol–water partition coefficient (Wildman–Crippen LogP) is 7.97. The van der Waals surface area contributed by atoms with E-state index in [0.717, 1.165) is 24.9 Å². The van der Waals surface area contributed by atoms with Crippen molar-refractivity contribution in [2.45, 2.75) is 115 Å². The van der Waals surface area contributed by atoms with Crippen molar-refractivity contribution in [3.05, 3.63) is 35.4 Å². The van der Waals surface area contributed by atoms with E-state index < -0.39 is 0 Å². The molecule has 2 unspecified atom stereocenters. The van der Waals surface area contributed by atoms with Crippen molar-refractivity contribution in [3.63, 3.8) is 0 Å². The van der Waals surface area contributed by atoms with E-state index in [1.165, 1.54) is 88.2 Å². The molecule has 2 fully saturated rings. The molecule has 1 saturated carbocycles. The Morgan fingerprint density at radius 1 is 0.690 bits per heavy atom. The first-order valence-corrected chi connectivity index (χ1v) is 12.6. The van der Waals surface area contributed by atoms with Crippen molar-refractivity contribution < 1.29 is 9.47 Å². The molecule has 3 rings (SSSR count). The largest absolute Gasteiger partial charge is 0.373 e. The minimum atomic E-state index is 0.116. The van der Waals surface area contributed by atoms with Crippen LogP contribution in [-0.4, -0.2) is 19.3 Å². The van der Waals surface area contributed by atoms with Crippen molar-refractivity contribution in [3.8, 4) is 0 Å². The molecule has 0 radical (unpaired) electrons. The van der Waals surface area contributed by atoms with Gasteiger partial charge in [0.2, 0.25) is 0 Å². The second kappa shape index (κ2) is 12.7. The van der Waals surface area contributed by atoms with Crippen LogP contribution >= 0.6 is 0 Å². The molecule has 2 heteroatoms. The second-order valence-electron chi connectivity index (χ2n) is 9.51. The highest BCUT2D eigenvalue weighted by Crippen LogP contribution is 2.38. The third-order valence-electron chi connectivity index (χ3n) is 7.19. The first-order chi connectivity index (χ1) is 14.3. The lowest BCUT2D eigenvalue weighted by Crippen LogP contribution is -2.31. The van der Waals surface area contributed by atoms with Gasteiger partial charge in [0.1, 0.15) is 6.10 Å². The summed E-state index contributed by atoms with van der Waals surface area (Å²) in [5, 5.41) is 0. The topological polar surface area (TPSA) is 18.5 Å². The van der Waals surface area contributed by atoms with Crippen LogP contribution in [0.5, 0.6) is 0 Å². The van der Waals surface area contributed by atoms with Crippen LogP contribution in [0, 0.1) is 5.92 Å². The molecule has 29 heavy (non-hydrogen) atoms. The Kier molecular flexibility index (Phi) is 10.0. The van der Waals surface area contributed by atoms with Gasteiger partial charge in [0.25, 0.3) is 0 Å². The lowest BCUT2D eigenvalue weighted by Gasteiger charge is -2.31. The molecule has 0 N–H and O–H groups in total. The van der Waals surface area contributed by atoms with E-state index in [0.29, 0.717) is 12.7 Å². The van der Waals surface area contributed by atoms with Crippen LogP contribution in [0.25, 0.3) is 0 Å². The summed E-state index contributed by atoms with van der Waals surface area (Å²) in [4.78, 5) is 0. The van der Waals surface area contributed by atoms with Gasteiger partial charge in [-0.3, -0.25) is 0 Å². The zero-order chi connectivity index (χ0) is 20.3. The standard InChI is InChI=1S/C27H44O2/c1-3-5-7-9-10-22-12-14-23(15-13-22)24-16-18-25(19-17-24)27-21-28-26(20-29-27)11-8-6-4-2/h16-19,22-23,26-27H,3-15,20-21H2,1-2H3. The van der Waals surface area contributed by atoms with E-state index in [4.69, 9.17) is 9.47 Å². The van der Waals surface area contributed by atoms with E-state index in [2.05, 4.69) is 38.1 Å². The highest BCUT2D eigenvalue weighted by molar-refractivity contribution is 5.27. The highest BCUT2D eigenvalue weighted by Gasteiger charge is 2.25. The molecule has 2 nitrogen and oxygen atoms in total. The summed E-state index contributed by atoms with van der Waals surface area (Å²) in [5.74, 6) is 1.75. The maximum atomic E-state index is 6.14. The van der Waals surface area contributed by atoms with Gasteiger partial charge < -0.3 is 9.47 Å². The SMILES string of the molecule is CCCCCCC1CCC(c2ccc(C3COC(CCCCC)CO3)cc2)CC1. The monoisotopic (exact) mass is 400 g/mol. The second-order valence-corrected chi connectivity index (χ2v) is 9.51. The highest BCUT2D eigenvalue weighted by atomic mass is 16.6. The maximum Gasteiger partial charge on any atom is 0.106 e. The van der Waals surface area contributed by atoms with E-state index in [9.17, 15) is 0 Å². The average molecular weight is 401 g/mol. The quantitative estimate of drug-likeness (QED) is 0.351. The van der Waals surface area contributed by atoms with Crippen LogP contribution < -0.4 is 0 Å². The Hall–Kier alpha value is -0.860. The van der Waals surface area contributed by atoms with Crippen LogP contribution in [-0.2, 0) is 9.47 Å².